The summed E-state index contributed by atoms with van der Waals surface area (Å²) in [4.78, 5) is 0. The Balaban J connectivity index is 2.41. The molecule has 106 valence electrons. The van der Waals surface area contributed by atoms with Gasteiger partial charge in [-0.15, -0.1) is 0 Å². The zero-order valence-corrected chi connectivity index (χ0v) is 11.6. The quantitative estimate of drug-likeness (QED) is 0.881. The highest BCUT2D eigenvalue weighted by molar-refractivity contribution is 5.30. The highest BCUT2D eigenvalue weighted by atomic mass is 19.1. The van der Waals surface area contributed by atoms with Crippen LogP contribution in [-0.4, -0.2) is 24.9 Å². The molecule has 2 rings (SSSR count). The number of ether oxygens (including phenoxy) is 1. The van der Waals surface area contributed by atoms with Gasteiger partial charge >= 0.3 is 0 Å². The molecule has 3 nitrogen and oxygen atoms in total. The van der Waals surface area contributed by atoms with Gasteiger partial charge in [-0.1, -0.05) is 12.1 Å². The van der Waals surface area contributed by atoms with E-state index in [0.717, 1.165) is 12.8 Å². The lowest BCUT2D eigenvalue weighted by molar-refractivity contribution is -0.139. The van der Waals surface area contributed by atoms with E-state index < -0.39 is 11.0 Å². The molecule has 2 unspecified atom stereocenters. The van der Waals surface area contributed by atoms with Gasteiger partial charge in [0.15, 0.2) is 0 Å². The van der Waals surface area contributed by atoms with Gasteiger partial charge in [0.2, 0.25) is 0 Å². The van der Waals surface area contributed by atoms with E-state index in [4.69, 9.17) is 10.5 Å². The normalized spacial score (nSPS) is 27.0. The van der Waals surface area contributed by atoms with Crippen molar-refractivity contribution in [1.82, 2.24) is 0 Å². The molecule has 1 saturated heterocycles. The lowest BCUT2D eigenvalue weighted by Crippen LogP contribution is -2.53. The second-order valence-electron chi connectivity index (χ2n) is 5.68. The lowest BCUT2D eigenvalue weighted by atomic mass is 9.66. The van der Waals surface area contributed by atoms with Crippen LogP contribution in [0.3, 0.4) is 0 Å². The van der Waals surface area contributed by atoms with Crippen molar-refractivity contribution >= 4 is 0 Å². The van der Waals surface area contributed by atoms with Crippen LogP contribution in [0.1, 0.15) is 30.9 Å². The monoisotopic (exact) mass is 267 g/mol. The standard InChI is InChI=1S/C15H22FNO2/c1-11-4-5-12(8-13(11)16)14(2,18)15(9-17)6-3-7-19-10-15/h4-5,8,18H,3,6-7,9-10,17H2,1-2H3. The Bertz CT molecular complexity index is 453. The number of halogens is 1. The summed E-state index contributed by atoms with van der Waals surface area (Å²) in [5.41, 5.74) is 5.28. The van der Waals surface area contributed by atoms with Crippen LogP contribution in [0.25, 0.3) is 0 Å². The predicted octanol–water partition coefficient (Wildman–Crippen LogP) is 2.10. The zero-order valence-electron chi connectivity index (χ0n) is 11.6. The molecule has 0 aromatic heterocycles. The first-order chi connectivity index (χ1) is 8.93. The molecule has 19 heavy (non-hydrogen) atoms. The third-order valence-electron chi connectivity index (χ3n) is 4.48. The second-order valence-corrected chi connectivity index (χ2v) is 5.68. The third kappa shape index (κ3) is 2.40. The van der Waals surface area contributed by atoms with E-state index in [1.165, 1.54) is 6.07 Å². The first-order valence-electron chi connectivity index (χ1n) is 6.70. The van der Waals surface area contributed by atoms with Gasteiger partial charge in [-0.05, 0) is 43.9 Å². The van der Waals surface area contributed by atoms with Crippen molar-refractivity contribution in [2.75, 3.05) is 19.8 Å². The maximum absolute atomic E-state index is 13.7. The topological polar surface area (TPSA) is 55.5 Å². The van der Waals surface area contributed by atoms with Crippen molar-refractivity contribution in [2.45, 2.75) is 32.3 Å². The Morgan fingerprint density at radius 1 is 1.53 bits per heavy atom. The average molecular weight is 267 g/mol. The van der Waals surface area contributed by atoms with E-state index >= 15 is 0 Å². The first kappa shape index (κ1) is 14.4. The molecular formula is C15H22FNO2. The lowest BCUT2D eigenvalue weighted by Gasteiger charge is -2.47. The van der Waals surface area contributed by atoms with Gasteiger partial charge in [0.25, 0.3) is 0 Å². The first-order valence-corrected chi connectivity index (χ1v) is 6.70. The number of rotatable bonds is 3. The van der Waals surface area contributed by atoms with Crippen LogP contribution in [0.2, 0.25) is 0 Å². The number of aryl methyl sites for hydroxylation is 1. The van der Waals surface area contributed by atoms with Crippen LogP contribution in [0, 0.1) is 18.2 Å². The number of hydrogen-bond acceptors (Lipinski definition) is 3. The molecule has 1 aromatic carbocycles. The molecule has 0 saturated carbocycles. The SMILES string of the molecule is Cc1ccc(C(C)(O)C2(CN)CCCOC2)cc1F. The van der Waals surface area contributed by atoms with E-state index in [-0.39, 0.29) is 5.82 Å². The van der Waals surface area contributed by atoms with Gasteiger partial charge in [0.1, 0.15) is 5.82 Å². The molecule has 0 radical (unpaired) electrons. The van der Waals surface area contributed by atoms with Crippen LogP contribution >= 0.6 is 0 Å². The Morgan fingerprint density at radius 2 is 2.26 bits per heavy atom. The number of aliphatic hydroxyl groups is 1. The minimum atomic E-state index is -1.20. The molecule has 3 N–H and O–H groups in total. The van der Waals surface area contributed by atoms with Crippen molar-refractivity contribution in [3.8, 4) is 0 Å². The molecule has 1 fully saturated rings. The van der Waals surface area contributed by atoms with Gasteiger partial charge in [-0.3, -0.25) is 0 Å². The number of benzene rings is 1. The maximum Gasteiger partial charge on any atom is 0.126 e. The zero-order chi connectivity index (χ0) is 14.1. The van der Waals surface area contributed by atoms with Crippen LogP contribution in [0.5, 0.6) is 0 Å². The van der Waals surface area contributed by atoms with Gasteiger partial charge < -0.3 is 15.6 Å². The third-order valence-corrected chi connectivity index (χ3v) is 4.48. The molecule has 4 heteroatoms. The summed E-state index contributed by atoms with van der Waals surface area (Å²) in [7, 11) is 0. The Morgan fingerprint density at radius 3 is 2.79 bits per heavy atom. The molecule has 0 bridgehead atoms. The molecular weight excluding hydrogens is 245 g/mol. The van der Waals surface area contributed by atoms with Crippen LogP contribution < -0.4 is 5.73 Å². The fourth-order valence-corrected chi connectivity index (χ4v) is 2.80. The molecule has 0 amide bonds. The summed E-state index contributed by atoms with van der Waals surface area (Å²) in [6.45, 7) is 4.83. The van der Waals surface area contributed by atoms with Crippen molar-refractivity contribution in [3.05, 3.63) is 35.1 Å². The average Bonchev–Trinajstić information content (AvgIpc) is 2.42. The van der Waals surface area contributed by atoms with Crippen molar-refractivity contribution in [3.63, 3.8) is 0 Å². The highest BCUT2D eigenvalue weighted by Gasteiger charge is 2.48. The summed E-state index contributed by atoms with van der Waals surface area (Å²) < 4.78 is 19.2. The molecule has 1 aliphatic heterocycles. The van der Waals surface area contributed by atoms with Crippen LogP contribution in [0.15, 0.2) is 18.2 Å². The summed E-state index contributed by atoms with van der Waals surface area (Å²) in [5.74, 6) is -0.304. The number of hydrogen-bond donors (Lipinski definition) is 2. The van der Waals surface area contributed by atoms with Gasteiger partial charge in [0, 0.05) is 18.6 Å². The number of nitrogens with two attached hydrogens (primary N) is 1. The fraction of sp³-hybridized carbons (Fsp3) is 0.600. The maximum atomic E-state index is 13.7. The van der Waals surface area contributed by atoms with Gasteiger partial charge in [-0.25, -0.2) is 4.39 Å². The summed E-state index contributed by atoms with van der Waals surface area (Å²) in [6.07, 6.45) is 1.65. The predicted molar refractivity (Wildman–Crippen MR) is 72.2 cm³/mol. The van der Waals surface area contributed by atoms with E-state index in [9.17, 15) is 9.50 Å². The second kappa shape index (κ2) is 5.19. The summed E-state index contributed by atoms with van der Waals surface area (Å²) in [6, 6.07) is 4.86. The molecule has 2 atom stereocenters. The summed E-state index contributed by atoms with van der Waals surface area (Å²) in [5, 5.41) is 10.9. The van der Waals surface area contributed by atoms with Crippen molar-refractivity contribution < 1.29 is 14.2 Å². The van der Waals surface area contributed by atoms with Gasteiger partial charge in [0.05, 0.1) is 12.2 Å². The van der Waals surface area contributed by atoms with Crippen LogP contribution in [-0.2, 0) is 10.3 Å². The summed E-state index contributed by atoms with van der Waals surface area (Å²) >= 11 is 0. The highest BCUT2D eigenvalue weighted by Crippen LogP contribution is 2.45. The molecule has 1 aliphatic rings. The minimum Gasteiger partial charge on any atom is -0.385 e. The van der Waals surface area contributed by atoms with Gasteiger partial charge in [-0.2, -0.15) is 0 Å². The molecule has 1 aromatic rings. The molecule has 0 spiro atoms. The van der Waals surface area contributed by atoms with Crippen molar-refractivity contribution in [2.24, 2.45) is 11.1 Å². The smallest absolute Gasteiger partial charge is 0.126 e. The van der Waals surface area contributed by atoms with E-state index in [1.54, 1.807) is 26.0 Å². The minimum absolute atomic E-state index is 0.304. The van der Waals surface area contributed by atoms with Crippen molar-refractivity contribution in [1.29, 1.82) is 0 Å². The largest absolute Gasteiger partial charge is 0.385 e. The van der Waals surface area contributed by atoms with E-state index in [2.05, 4.69) is 0 Å². The Hall–Kier alpha value is -0.970. The molecule has 0 aliphatic carbocycles. The Labute approximate surface area is 113 Å². The Kier molecular flexibility index (Phi) is 3.95. The van der Waals surface area contributed by atoms with E-state index in [0.29, 0.717) is 30.9 Å². The van der Waals surface area contributed by atoms with Crippen LogP contribution in [0.4, 0.5) is 4.39 Å². The fourth-order valence-electron chi connectivity index (χ4n) is 2.80. The molecule has 1 heterocycles. The van der Waals surface area contributed by atoms with E-state index in [1.807, 2.05) is 0 Å².